The van der Waals surface area contributed by atoms with E-state index < -0.39 is 0 Å². The predicted molar refractivity (Wildman–Crippen MR) is 119 cm³/mol. The first kappa shape index (κ1) is 18.6. The molecule has 0 bridgehead atoms. The van der Waals surface area contributed by atoms with Crippen molar-refractivity contribution in [1.29, 1.82) is 0 Å². The molecule has 2 fully saturated rings. The lowest BCUT2D eigenvalue weighted by atomic mass is 10.2. The molecular formula is C22H26N8O. The highest BCUT2D eigenvalue weighted by atomic mass is 16.5. The van der Waals surface area contributed by atoms with Crippen LogP contribution < -0.4 is 10.2 Å². The van der Waals surface area contributed by atoms with Gasteiger partial charge in [0.05, 0.1) is 37.1 Å². The van der Waals surface area contributed by atoms with Crippen LogP contribution in [0, 0.1) is 0 Å². The number of nitrogens with zero attached hydrogens (tertiary/aromatic N) is 6. The summed E-state index contributed by atoms with van der Waals surface area (Å²) >= 11 is 0. The summed E-state index contributed by atoms with van der Waals surface area (Å²) in [4.78, 5) is 24.8. The molecule has 9 heteroatoms. The number of hydrogen-bond acceptors (Lipinski definition) is 7. The molecule has 160 valence electrons. The maximum atomic E-state index is 5.52. The molecule has 2 aliphatic rings. The van der Waals surface area contributed by atoms with Crippen LogP contribution in [0.5, 0.6) is 0 Å². The molecule has 1 aliphatic carbocycles. The fourth-order valence-electron chi connectivity index (χ4n) is 4.64. The Morgan fingerprint density at radius 3 is 2.74 bits per heavy atom. The first-order valence-electron chi connectivity index (χ1n) is 11.1. The molecule has 4 aromatic rings. The highest BCUT2D eigenvalue weighted by Crippen LogP contribution is 2.33. The van der Waals surface area contributed by atoms with Gasteiger partial charge in [-0.05, 0) is 25.0 Å². The zero-order valence-electron chi connectivity index (χ0n) is 17.4. The van der Waals surface area contributed by atoms with Gasteiger partial charge in [-0.15, -0.1) is 0 Å². The topological polar surface area (TPSA) is 96.8 Å². The summed E-state index contributed by atoms with van der Waals surface area (Å²) in [5, 5.41) is 3.47. The number of aromatic nitrogens is 6. The van der Waals surface area contributed by atoms with E-state index in [0.717, 1.165) is 52.9 Å². The van der Waals surface area contributed by atoms with Gasteiger partial charge in [-0.1, -0.05) is 25.0 Å². The minimum absolute atomic E-state index is 0.473. The second kappa shape index (κ2) is 7.81. The quantitative estimate of drug-likeness (QED) is 0.513. The molecule has 6 rings (SSSR count). The maximum absolute atomic E-state index is 5.52. The van der Waals surface area contributed by atoms with Crippen LogP contribution in [-0.4, -0.2) is 55.8 Å². The van der Waals surface area contributed by atoms with E-state index in [-0.39, 0.29) is 0 Å². The zero-order chi connectivity index (χ0) is 20.6. The molecule has 0 unspecified atom stereocenters. The number of hydrogen-bond donors (Lipinski definition) is 2. The number of ether oxygens (including phenoxy) is 1. The van der Waals surface area contributed by atoms with Gasteiger partial charge in [0.2, 0.25) is 5.95 Å². The number of imidazole rings is 2. The van der Waals surface area contributed by atoms with Crippen molar-refractivity contribution in [2.75, 3.05) is 36.5 Å². The standard InChI is InChI=1S/C22H26N8O/c1-2-6-15(5-1)30-14-24-19-20(23-13-18-25-16-7-3-4-8-17(16)26-18)27-22(28-21(19)30)29-9-11-31-12-10-29/h3-4,7-8,14-15H,1-2,5-6,9-13H2,(H,25,26)(H,23,27,28). The van der Waals surface area contributed by atoms with Gasteiger partial charge in [-0.3, -0.25) is 0 Å². The Morgan fingerprint density at radius 1 is 1.06 bits per heavy atom. The molecule has 0 amide bonds. The van der Waals surface area contributed by atoms with Gasteiger partial charge in [-0.2, -0.15) is 9.97 Å². The Labute approximate surface area is 179 Å². The van der Waals surface area contributed by atoms with Crippen molar-refractivity contribution in [2.45, 2.75) is 38.3 Å². The Bertz CT molecular complexity index is 1170. The second-order valence-corrected chi connectivity index (χ2v) is 8.29. The van der Waals surface area contributed by atoms with Crippen LogP contribution in [0.1, 0.15) is 37.5 Å². The van der Waals surface area contributed by atoms with Gasteiger partial charge in [0.25, 0.3) is 0 Å². The van der Waals surface area contributed by atoms with Crippen LogP contribution in [-0.2, 0) is 11.3 Å². The monoisotopic (exact) mass is 418 g/mol. The van der Waals surface area contributed by atoms with Crippen molar-refractivity contribution < 1.29 is 4.74 Å². The van der Waals surface area contributed by atoms with Gasteiger partial charge in [0, 0.05) is 19.1 Å². The zero-order valence-corrected chi connectivity index (χ0v) is 17.4. The summed E-state index contributed by atoms with van der Waals surface area (Å²) in [6.45, 7) is 3.54. The maximum Gasteiger partial charge on any atom is 0.229 e. The SMILES string of the molecule is c1ccc2[nH]c(CNc3nc(N4CCOCC4)nc4c3ncn4C3CCCC3)nc2c1. The third-order valence-electron chi connectivity index (χ3n) is 6.28. The van der Waals surface area contributed by atoms with E-state index in [0.29, 0.717) is 25.8 Å². The van der Waals surface area contributed by atoms with E-state index >= 15 is 0 Å². The van der Waals surface area contributed by atoms with Crippen LogP contribution in [0.25, 0.3) is 22.2 Å². The number of H-pyrrole nitrogens is 1. The van der Waals surface area contributed by atoms with Crippen LogP contribution in [0.4, 0.5) is 11.8 Å². The molecule has 3 aromatic heterocycles. The average Bonchev–Trinajstić information content (AvgIpc) is 3.56. The first-order valence-corrected chi connectivity index (χ1v) is 11.1. The molecule has 0 spiro atoms. The Kier molecular flexibility index (Phi) is 4.67. The van der Waals surface area contributed by atoms with E-state index in [1.165, 1.54) is 25.7 Å². The van der Waals surface area contributed by atoms with Crippen LogP contribution in [0.3, 0.4) is 0 Å². The number of anilines is 2. The van der Waals surface area contributed by atoms with Crippen molar-refractivity contribution >= 4 is 34.0 Å². The second-order valence-electron chi connectivity index (χ2n) is 8.29. The molecule has 0 radical (unpaired) electrons. The fourth-order valence-corrected chi connectivity index (χ4v) is 4.64. The average molecular weight is 419 g/mol. The van der Waals surface area contributed by atoms with E-state index in [4.69, 9.17) is 19.7 Å². The summed E-state index contributed by atoms with van der Waals surface area (Å²) < 4.78 is 7.77. The first-order chi connectivity index (χ1) is 15.3. The number of rotatable bonds is 5. The summed E-state index contributed by atoms with van der Waals surface area (Å²) in [7, 11) is 0. The summed E-state index contributed by atoms with van der Waals surface area (Å²) in [6.07, 6.45) is 6.84. The van der Waals surface area contributed by atoms with Crippen LogP contribution >= 0.6 is 0 Å². The van der Waals surface area contributed by atoms with Crippen molar-refractivity contribution in [3.63, 3.8) is 0 Å². The molecule has 0 atom stereocenters. The van der Waals surface area contributed by atoms with Gasteiger partial charge < -0.3 is 24.5 Å². The number of fused-ring (bicyclic) bond motifs is 2. The predicted octanol–water partition coefficient (Wildman–Crippen LogP) is 3.27. The third kappa shape index (κ3) is 3.48. The molecule has 1 saturated carbocycles. The van der Waals surface area contributed by atoms with Gasteiger partial charge in [0.1, 0.15) is 5.82 Å². The number of morpholine rings is 1. The Balaban J connectivity index is 1.36. The van der Waals surface area contributed by atoms with E-state index in [1.807, 2.05) is 30.6 Å². The van der Waals surface area contributed by atoms with Gasteiger partial charge >= 0.3 is 0 Å². The number of benzene rings is 1. The summed E-state index contributed by atoms with van der Waals surface area (Å²) in [5.41, 5.74) is 3.73. The number of nitrogens with one attached hydrogen (secondary N) is 2. The van der Waals surface area contributed by atoms with Crippen LogP contribution in [0.15, 0.2) is 30.6 Å². The highest BCUT2D eigenvalue weighted by Gasteiger charge is 2.24. The minimum atomic E-state index is 0.473. The molecule has 1 aromatic carbocycles. The Hall–Kier alpha value is -3.20. The fraction of sp³-hybridized carbons (Fsp3) is 0.455. The normalized spacial score (nSPS) is 17.7. The summed E-state index contributed by atoms with van der Waals surface area (Å²) in [5.74, 6) is 2.36. The van der Waals surface area contributed by atoms with E-state index in [1.54, 1.807) is 0 Å². The van der Waals surface area contributed by atoms with Crippen molar-refractivity contribution in [2.24, 2.45) is 0 Å². The largest absolute Gasteiger partial charge is 0.378 e. The molecule has 9 nitrogen and oxygen atoms in total. The summed E-state index contributed by atoms with van der Waals surface area (Å²) in [6, 6.07) is 8.53. The smallest absolute Gasteiger partial charge is 0.229 e. The van der Waals surface area contributed by atoms with E-state index in [9.17, 15) is 0 Å². The third-order valence-corrected chi connectivity index (χ3v) is 6.28. The molecule has 4 heterocycles. The molecule has 1 saturated heterocycles. The number of aromatic amines is 1. The molecule has 1 aliphatic heterocycles. The molecule has 2 N–H and O–H groups in total. The molecule has 31 heavy (non-hydrogen) atoms. The molecular weight excluding hydrogens is 392 g/mol. The highest BCUT2D eigenvalue weighted by molar-refractivity contribution is 5.84. The van der Waals surface area contributed by atoms with Gasteiger partial charge in [-0.25, -0.2) is 9.97 Å². The van der Waals surface area contributed by atoms with Crippen molar-refractivity contribution in [1.82, 2.24) is 29.5 Å². The minimum Gasteiger partial charge on any atom is -0.378 e. The van der Waals surface area contributed by atoms with Crippen LogP contribution in [0.2, 0.25) is 0 Å². The van der Waals surface area contributed by atoms with E-state index in [2.05, 4.69) is 24.8 Å². The Morgan fingerprint density at radius 2 is 1.90 bits per heavy atom. The van der Waals surface area contributed by atoms with Crippen molar-refractivity contribution in [3.8, 4) is 0 Å². The number of para-hydroxylation sites is 2. The lowest BCUT2D eigenvalue weighted by Gasteiger charge is -2.27. The lowest BCUT2D eigenvalue weighted by molar-refractivity contribution is 0.122. The van der Waals surface area contributed by atoms with Crippen molar-refractivity contribution in [3.05, 3.63) is 36.4 Å². The lowest BCUT2D eigenvalue weighted by Crippen LogP contribution is -2.37. The van der Waals surface area contributed by atoms with Gasteiger partial charge in [0.15, 0.2) is 17.0 Å².